The first-order valence-electron chi connectivity index (χ1n) is 5.77. The summed E-state index contributed by atoms with van der Waals surface area (Å²) in [6.45, 7) is 7.07. The van der Waals surface area contributed by atoms with Gasteiger partial charge in [0.15, 0.2) is 0 Å². The number of nitriles is 1. The van der Waals surface area contributed by atoms with Crippen LogP contribution in [0.2, 0.25) is 0 Å². The van der Waals surface area contributed by atoms with Crippen molar-refractivity contribution < 1.29 is 0 Å². The van der Waals surface area contributed by atoms with E-state index in [1.807, 2.05) is 0 Å². The van der Waals surface area contributed by atoms with Crippen LogP contribution < -0.4 is 10.2 Å². The summed E-state index contributed by atoms with van der Waals surface area (Å²) >= 11 is 0. The quantitative estimate of drug-likeness (QED) is 0.745. The highest BCUT2D eigenvalue weighted by molar-refractivity contribution is 5.55. The molecule has 86 valence electrons. The Morgan fingerprint density at radius 3 is 2.31 bits per heavy atom. The highest BCUT2D eigenvalue weighted by Crippen LogP contribution is 2.17. The average Bonchev–Trinajstić information content (AvgIpc) is 2.33. The molecule has 0 saturated carbocycles. The van der Waals surface area contributed by atoms with Crippen LogP contribution in [0.1, 0.15) is 20.3 Å². The molecule has 0 aliphatic rings. The zero-order valence-corrected chi connectivity index (χ0v) is 10.0. The van der Waals surface area contributed by atoms with Crippen LogP contribution in [0.15, 0.2) is 24.3 Å². The van der Waals surface area contributed by atoms with E-state index in [-0.39, 0.29) is 0 Å². The Morgan fingerprint density at radius 2 is 1.81 bits per heavy atom. The van der Waals surface area contributed by atoms with E-state index >= 15 is 0 Å². The van der Waals surface area contributed by atoms with E-state index in [9.17, 15) is 0 Å². The molecule has 0 atom stereocenters. The van der Waals surface area contributed by atoms with Crippen LogP contribution in [0.4, 0.5) is 11.4 Å². The number of nitrogens with zero attached hydrogens (tertiary/aromatic N) is 2. The van der Waals surface area contributed by atoms with Gasteiger partial charge in [-0.25, -0.2) is 0 Å². The first-order chi connectivity index (χ1) is 7.81. The Kier molecular flexibility index (Phi) is 5.21. The smallest absolute Gasteiger partial charge is 0.0640 e. The van der Waals surface area contributed by atoms with Gasteiger partial charge in [0.2, 0.25) is 0 Å². The standard InChI is InChI=1S/C13H19N3/c1-3-16(4-2)13-8-6-12(7-9-13)15-11-5-10-14/h6-9,15H,3-5,11H2,1-2H3. The SMILES string of the molecule is CCN(CC)c1ccc(NCCC#N)cc1. The van der Waals surface area contributed by atoms with Gasteiger partial charge in [-0.05, 0) is 38.1 Å². The Labute approximate surface area is 97.7 Å². The molecule has 0 spiro atoms. The Hall–Kier alpha value is -1.69. The molecule has 0 saturated heterocycles. The molecule has 0 heterocycles. The summed E-state index contributed by atoms with van der Waals surface area (Å²) in [5.41, 5.74) is 2.32. The summed E-state index contributed by atoms with van der Waals surface area (Å²) in [6.07, 6.45) is 0.539. The van der Waals surface area contributed by atoms with Crippen LogP contribution in [0.25, 0.3) is 0 Å². The van der Waals surface area contributed by atoms with Crippen LogP contribution in [0, 0.1) is 11.3 Å². The van der Waals surface area contributed by atoms with Gasteiger partial charge in [0, 0.05) is 31.0 Å². The van der Waals surface area contributed by atoms with Crippen molar-refractivity contribution in [2.45, 2.75) is 20.3 Å². The number of hydrogen-bond donors (Lipinski definition) is 1. The second-order valence-corrected chi connectivity index (χ2v) is 3.55. The third-order valence-electron chi connectivity index (χ3n) is 2.56. The zero-order chi connectivity index (χ0) is 11.8. The molecular weight excluding hydrogens is 198 g/mol. The Bertz CT molecular complexity index is 333. The second kappa shape index (κ2) is 6.73. The van der Waals surface area contributed by atoms with E-state index in [0.29, 0.717) is 13.0 Å². The summed E-state index contributed by atoms with van der Waals surface area (Å²) in [5.74, 6) is 0. The summed E-state index contributed by atoms with van der Waals surface area (Å²) in [4.78, 5) is 2.30. The van der Waals surface area contributed by atoms with Gasteiger partial charge in [0.25, 0.3) is 0 Å². The molecule has 0 aromatic heterocycles. The van der Waals surface area contributed by atoms with E-state index in [0.717, 1.165) is 18.8 Å². The van der Waals surface area contributed by atoms with Crippen LogP contribution in [0.3, 0.4) is 0 Å². The molecule has 3 heteroatoms. The summed E-state index contributed by atoms with van der Waals surface area (Å²) in [7, 11) is 0. The predicted octanol–water partition coefficient (Wildman–Crippen LogP) is 2.86. The highest BCUT2D eigenvalue weighted by atomic mass is 15.1. The van der Waals surface area contributed by atoms with E-state index < -0.39 is 0 Å². The fourth-order valence-corrected chi connectivity index (χ4v) is 1.64. The van der Waals surface area contributed by atoms with E-state index in [1.165, 1.54) is 5.69 Å². The molecule has 1 aromatic rings. The number of rotatable bonds is 6. The summed E-state index contributed by atoms with van der Waals surface area (Å²) in [5, 5.41) is 11.6. The molecule has 1 aromatic carbocycles. The van der Waals surface area contributed by atoms with E-state index in [1.54, 1.807) is 0 Å². The Balaban J connectivity index is 2.57. The maximum Gasteiger partial charge on any atom is 0.0640 e. The van der Waals surface area contributed by atoms with Crippen LogP contribution >= 0.6 is 0 Å². The van der Waals surface area contributed by atoms with Gasteiger partial charge in [0.05, 0.1) is 12.5 Å². The molecule has 0 unspecified atom stereocenters. The zero-order valence-electron chi connectivity index (χ0n) is 10.0. The first-order valence-corrected chi connectivity index (χ1v) is 5.77. The van der Waals surface area contributed by atoms with Crippen molar-refractivity contribution in [2.75, 3.05) is 29.9 Å². The fraction of sp³-hybridized carbons (Fsp3) is 0.462. The van der Waals surface area contributed by atoms with Gasteiger partial charge in [-0.3, -0.25) is 0 Å². The van der Waals surface area contributed by atoms with Gasteiger partial charge in [-0.2, -0.15) is 5.26 Å². The van der Waals surface area contributed by atoms with Gasteiger partial charge < -0.3 is 10.2 Å². The fourth-order valence-electron chi connectivity index (χ4n) is 1.64. The van der Waals surface area contributed by atoms with Crippen molar-refractivity contribution in [1.82, 2.24) is 0 Å². The normalized spacial score (nSPS) is 9.56. The van der Waals surface area contributed by atoms with Crippen molar-refractivity contribution in [3.63, 3.8) is 0 Å². The minimum Gasteiger partial charge on any atom is -0.384 e. The minimum atomic E-state index is 0.539. The molecule has 0 aliphatic heterocycles. The third kappa shape index (κ3) is 3.47. The molecule has 16 heavy (non-hydrogen) atoms. The summed E-state index contributed by atoms with van der Waals surface area (Å²) in [6, 6.07) is 10.5. The molecule has 3 nitrogen and oxygen atoms in total. The number of hydrogen-bond acceptors (Lipinski definition) is 3. The second-order valence-electron chi connectivity index (χ2n) is 3.55. The number of nitrogens with one attached hydrogen (secondary N) is 1. The highest BCUT2D eigenvalue weighted by Gasteiger charge is 2.00. The predicted molar refractivity (Wildman–Crippen MR) is 68.7 cm³/mol. The van der Waals surface area contributed by atoms with Crippen molar-refractivity contribution in [3.05, 3.63) is 24.3 Å². The largest absolute Gasteiger partial charge is 0.384 e. The van der Waals surface area contributed by atoms with Crippen molar-refractivity contribution in [2.24, 2.45) is 0 Å². The molecule has 0 bridgehead atoms. The van der Waals surface area contributed by atoms with Crippen LogP contribution in [0.5, 0.6) is 0 Å². The monoisotopic (exact) mass is 217 g/mol. The molecule has 0 amide bonds. The van der Waals surface area contributed by atoms with E-state index in [4.69, 9.17) is 5.26 Å². The van der Waals surface area contributed by atoms with Gasteiger partial charge in [-0.15, -0.1) is 0 Å². The van der Waals surface area contributed by atoms with Crippen molar-refractivity contribution in [1.29, 1.82) is 5.26 Å². The molecular formula is C13H19N3. The van der Waals surface area contributed by atoms with Crippen LogP contribution in [-0.2, 0) is 0 Å². The Morgan fingerprint density at radius 1 is 1.19 bits per heavy atom. The van der Waals surface area contributed by atoms with Gasteiger partial charge in [0.1, 0.15) is 0 Å². The maximum atomic E-state index is 8.43. The minimum absolute atomic E-state index is 0.539. The van der Waals surface area contributed by atoms with Gasteiger partial charge in [-0.1, -0.05) is 0 Å². The lowest BCUT2D eigenvalue weighted by Gasteiger charge is -2.21. The van der Waals surface area contributed by atoms with Crippen molar-refractivity contribution >= 4 is 11.4 Å². The topological polar surface area (TPSA) is 39.1 Å². The number of anilines is 2. The lowest BCUT2D eigenvalue weighted by Crippen LogP contribution is -2.21. The average molecular weight is 217 g/mol. The lowest BCUT2D eigenvalue weighted by atomic mass is 10.2. The van der Waals surface area contributed by atoms with Gasteiger partial charge >= 0.3 is 0 Å². The van der Waals surface area contributed by atoms with E-state index in [2.05, 4.69) is 54.4 Å². The molecule has 0 fully saturated rings. The first kappa shape index (κ1) is 12.4. The number of benzene rings is 1. The molecule has 1 N–H and O–H groups in total. The summed E-state index contributed by atoms with van der Waals surface area (Å²) < 4.78 is 0. The molecule has 0 radical (unpaired) electrons. The van der Waals surface area contributed by atoms with Crippen LogP contribution in [-0.4, -0.2) is 19.6 Å². The molecule has 0 aliphatic carbocycles. The third-order valence-corrected chi connectivity index (χ3v) is 2.56. The molecule has 1 rings (SSSR count). The maximum absolute atomic E-state index is 8.43. The lowest BCUT2D eigenvalue weighted by molar-refractivity contribution is 0.866. The van der Waals surface area contributed by atoms with Crippen molar-refractivity contribution in [3.8, 4) is 6.07 Å².